The lowest BCUT2D eigenvalue weighted by Gasteiger charge is -2.30. The molecule has 1 heterocycles. The van der Waals surface area contributed by atoms with Gasteiger partial charge >= 0.3 is 5.97 Å². The fraction of sp³-hybridized carbons (Fsp3) is 0.500. The molecular weight excluding hydrogens is 301 g/mol. The summed E-state index contributed by atoms with van der Waals surface area (Å²) in [5, 5.41) is 0.0386. The van der Waals surface area contributed by atoms with E-state index < -0.39 is 5.97 Å². The molecule has 2 rings (SSSR count). The molecule has 1 aromatic heterocycles. The average molecular weight is 316 g/mol. The number of rotatable bonds is 2. The van der Waals surface area contributed by atoms with Gasteiger partial charge < -0.3 is 4.74 Å². The Bertz CT molecular complexity index is 597. The molecule has 0 atom stereocenters. The summed E-state index contributed by atoms with van der Waals surface area (Å²) in [4.78, 5) is 28.3. The van der Waals surface area contributed by atoms with E-state index in [-0.39, 0.29) is 33.5 Å². The van der Waals surface area contributed by atoms with E-state index >= 15 is 0 Å². The van der Waals surface area contributed by atoms with Crippen LogP contribution in [0.2, 0.25) is 10.2 Å². The third kappa shape index (κ3) is 2.67. The smallest absolute Gasteiger partial charge is 0.342 e. The number of hydrogen-bond acceptors (Lipinski definition) is 4. The van der Waals surface area contributed by atoms with Crippen molar-refractivity contribution in [2.45, 2.75) is 33.6 Å². The van der Waals surface area contributed by atoms with E-state index in [9.17, 15) is 9.59 Å². The lowest BCUT2D eigenvalue weighted by molar-refractivity contribution is 0.0526. The third-order valence-electron chi connectivity index (χ3n) is 3.21. The molecule has 0 saturated heterocycles. The molecule has 0 radical (unpaired) electrons. The lowest BCUT2D eigenvalue weighted by atomic mass is 9.75. The van der Waals surface area contributed by atoms with Crippen LogP contribution in [0.25, 0.3) is 0 Å². The van der Waals surface area contributed by atoms with E-state index in [2.05, 4.69) is 4.98 Å². The number of esters is 1. The van der Waals surface area contributed by atoms with Gasteiger partial charge in [0.05, 0.1) is 22.9 Å². The number of nitrogens with zero attached hydrogens (tertiary/aromatic N) is 1. The number of hydrogen-bond donors (Lipinski definition) is 0. The Hall–Kier alpha value is -1.13. The van der Waals surface area contributed by atoms with Gasteiger partial charge in [-0.3, -0.25) is 4.79 Å². The Labute approximate surface area is 127 Å². The van der Waals surface area contributed by atoms with Crippen molar-refractivity contribution < 1.29 is 14.3 Å². The molecule has 0 saturated carbocycles. The Kier molecular flexibility index (Phi) is 4.07. The van der Waals surface area contributed by atoms with Gasteiger partial charge in [-0.25, -0.2) is 9.78 Å². The van der Waals surface area contributed by atoms with Gasteiger partial charge in [-0.15, -0.1) is 0 Å². The SMILES string of the molecule is CCOC(=O)c1c(Cl)nc2c(c1Cl)C(=O)CC(C)(C)C2. The van der Waals surface area contributed by atoms with Crippen LogP contribution >= 0.6 is 23.2 Å². The first kappa shape index (κ1) is 15.3. The van der Waals surface area contributed by atoms with Crippen LogP contribution in [0.3, 0.4) is 0 Å². The zero-order valence-corrected chi connectivity index (χ0v) is 13.1. The molecule has 108 valence electrons. The summed E-state index contributed by atoms with van der Waals surface area (Å²) in [7, 11) is 0. The quantitative estimate of drug-likeness (QED) is 0.616. The highest BCUT2D eigenvalue weighted by atomic mass is 35.5. The number of ether oxygens (including phenoxy) is 1. The fourth-order valence-electron chi connectivity index (χ4n) is 2.40. The van der Waals surface area contributed by atoms with E-state index in [4.69, 9.17) is 27.9 Å². The average Bonchev–Trinajstić information content (AvgIpc) is 2.25. The first-order chi connectivity index (χ1) is 9.26. The standard InChI is InChI=1S/C14H15Cl2NO3/c1-4-20-13(19)10-11(15)9-7(17-12(10)16)5-14(2,3)6-8(9)18/h4-6H2,1-3H3. The van der Waals surface area contributed by atoms with Crippen LogP contribution in [0.4, 0.5) is 0 Å². The van der Waals surface area contributed by atoms with Crippen molar-refractivity contribution in [2.24, 2.45) is 5.41 Å². The van der Waals surface area contributed by atoms with E-state index in [1.54, 1.807) is 6.92 Å². The van der Waals surface area contributed by atoms with Crippen LogP contribution in [-0.2, 0) is 11.2 Å². The second-order valence-corrected chi connectivity index (χ2v) is 6.31. The monoisotopic (exact) mass is 315 g/mol. The summed E-state index contributed by atoms with van der Waals surface area (Å²) in [6.45, 7) is 5.84. The molecule has 1 aliphatic rings. The molecule has 0 amide bonds. The van der Waals surface area contributed by atoms with Crippen molar-refractivity contribution in [1.29, 1.82) is 0 Å². The molecule has 0 aromatic carbocycles. The zero-order chi connectivity index (χ0) is 15.1. The van der Waals surface area contributed by atoms with E-state index in [1.165, 1.54) is 0 Å². The predicted octanol–water partition coefficient (Wildman–Crippen LogP) is 3.72. The van der Waals surface area contributed by atoms with Crippen LogP contribution in [-0.4, -0.2) is 23.3 Å². The summed E-state index contributed by atoms with van der Waals surface area (Å²) in [5.74, 6) is -0.772. The molecule has 1 aromatic rings. The maximum Gasteiger partial charge on any atom is 0.342 e. The van der Waals surface area contributed by atoms with Gasteiger partial charge in [-0.1, -0.05) is 37.0 Å². The van der Waals surface area contributed by atoms with Gasteiger partial charge in [0.25, 0.3) is 0 Å². The van der Waals surface area contributed by atoms with Crippen molar-refractivity contribution >= 4 is 35.0 Å². The molecule has 0 bridgehead atoms. The van der Waals surface area contributed by atoms with Gasteiger partial charge in [0, 0.05) is 6.42 Å². The summed E-state index contributed by atoms with van der Waals surface area (Å²) >= 11 is 12.2. The van der Waals surface area contributed by atoms with Gasteiger partial charge in [-0.05, 0) is 18.8 Å². The van der Waals surface area contributed by atoms with Gasteiger partial charge in [-0.2, -0.15) is 0 Å². The number of carbonyl (C=O) groups excluding carboxylic acids is 2. The number of carbonyl (C=O) groups is 2. The van der Waals surface area contributed by atoms with Crippen LogP contribution in [0.5, 0.6) is 0 Å². The van der Waals surface area contributed by atoms with Crippen LogP contribution in [0, 0.1) is 5.41 Å². The van der Waals surface area contributed by atoms with Crippen LogP contribution < -0.4 is 0 Å². The number of fused-ring (bicyclic) bond motifs is 1. The molecule has 20 heavy (non-hydrogen) atoms. The number of Topliss-reactive ketones (excluding diaryl/α,β-unsaturated/α-hetero) is 1. The van der Waals surface area contributed by atoms with Gasteiger partial charge in [0.1, 0.15) is 10.7 Å². The van der Waals surface area contributed by atoms with Crippen LogP contribution in [0.15, 0.2) is 0 Å². The Balaban J connectivity index is 2.60. The molecule has 6 heteroatoms. The number of pyridine rings is 1. The Morgan fingerprint density at radius 3 is 2.60 bits per heavy atom. The van der Waals surface area contributed by atoms with E-state index in [0.717, 1.165) is 0 Å². The Morgan fingerprint density at radius 1 is 1.35 bits per heavy atom. The summed E-state index contributed by atoms with van der Waals surface area (Å²) in [6.07, 6.45) is 0.960. The number of halogens is 2. The van der Waals surface area contributed by atoms with Crippen molar-refractivity contribution in [1.82, 2.24) is 4.98 Å². The molecular formula is C14H15Cl2NO3. The topological polar surface area (TPSA) is 56.3 Å². The molecule has 0 N–H and O–H groups in total. The first-order valence-corrected chi connectivity index (χ1v) is 7.10. The highest BCUT2D eigenvalue weighted by Gasteiger charge is 2.36. The Morgan fingerprint density at radius 2 is 2.00 bits per heavy atom. The normalized spacial score (nSPS) is 16.8. The molecule has 1 aliphatic carbocycles. The van der Waals surface area contributed by atoms with Gasteiger partial charge in [0.15, 0.2) is 5.78 Å². The molecule has 0 unspecified atom stereocenters. The fourth-order valence-corrected chi connectivity index (χ4v) is 3.10. The minimum atomic E-state index is -0.657. The maximum atomic E-state index is 12.2. The van der Waals surface area contributed by atoms with Crippen molar-refractivity contribution in [3.8, 4) is 0 Å². The predicted molar refractivity (Wildman–Crippen MR) is 76.6 cm³/mol. The summed E-state index contributed by atoms with van der Waals surface area (Å²) in [6, 6.07) is 0. The number of ketones is 1. The summed E-state index contributed by atoms with van der Waals surface area (Å²) in [5.41, 5.74) is 0.643. The molecule has 0 spiro atoms. The zero-order valence-electron chi connectivity index (χ0n) is 11.5. The highest BCUT2D eigenvalue weighted by molar-refractivity contribution is 6.41. The second-order valence-electron chi connectivity index (χ2n) is 5.57. The molecule has 4 nitrogen and oxygen atoms in total. The highest BCUT2D eigenvalue weighted by Crippen LogP contribution is 2.39. The summed E-state index contributed by atoms with van der Waals surface area (Å²) < 4.78 is 4.90. The molecule has 0 fully saturated rings. The van der Waals surface area contributed by atoms with E-state index in [0.29, 0.717) is 24.1 Å². The van der Waals surface area contributed by atoms with E-state index in [1.807, 2.05) is 13.8 Å². The van der Waals surface area contributed by atoms with Crippen molar-refractivity contribution in [2.75, 3.05) is 6.61 Å². The lowest BCUT2D eigenvalue weighted by Crippen LogP contribution is -2.29. The third-order valence-corrected chi connectivity index (χ3v) is 3.86. The van der Waals surface area contributed by atoms with Crippen LogP contribution in [0.1, 0.15) is 53.6 Å². The first-order valence-electron chi connectivity index (χ1n) is 6.35. The largest absolute Gasteiger partial charge is 0.462 e. The maximum absolute atomic E-state index is 12.2. The minimum Gasteiger partial charge on any atom is -0.462 e. The van der Waals surface area contributed by atoms with Gasteiger partial charge in [0.2, 0.25) is 0 Å². The molecule has 0 aliphatic heterocycles. The van der Waals surface area contributed by atoms with Crippen molar-refractivity contribution in [3.63, 3.8) is 0 Å². The minimum absolute atomic E-state index is 0.0160. The van der Waals surface area contributed by atoms with Crippen molar-refractivity contribution in [3.05, 3.63) is 27.0 Å². The number of aromatic nitrogens is 1. The second kappa shape index (κ2) is 5.34.